The van der Waals surface area contributed by atoms with Crippen molar-refractivity contribution in [2.24, 2.45) is 5.92 Å². The summed E-state index contributed by atoms with van der Waals surface area (Å²) < 4.78 is 12.1. The highest BCUT2D eigenvalue weighted by atomic mass is 32.1. The number of nitrogens with one attached hydrogen (secondary N) is 1. The molecule has 2 atom stereocenters. The number of piperidine rings is 3. The van der Waals surface area contributed by atoms with Crippen LogP contribution >= 0.6 is 11.3 Å². The maximum absolute atomic E-state index is 13.3. The van der Waals surface area contributed by atoms with Gasteiger partial charge in [-0.3, -0.25) is 4.79 Å². The van der Waals surface area contributed by atoms with E-state index in [1.807, 2.05) is 36.7 Å². The van der Waals surface area contributed by atoms with E-state index < -0.39 is 23.7 Å². The topological polar surface area (TPSA) is 81.7 Å². The van der Waals surface area contributed by atoms with Crippen molar-refractivity contribution in [3.63, 3.8) is 0 Å². The highest BCUT2D eigenvalue weighted by molar-refractivity contribution is 7.08. The second-order valence-corrected chi connectivity index (χ2v) is 11.0. The molecule has 0 radical (unpaired) electrons. The SMILES string of the molecule is CC=CC(=CC)C(NC(=O)OC(C)(C)C)C(=O)OC1C[N+]2(CC(=O)c3ccsc3)CCC1CC2. The second-order valence-electron chi connectivity index (χ2n) is 10.2. The molecule has 8 heteroatoms. The molecule has 3 aliphatic heterocycles. The number of quaternary nitrogens is 1. The van der Waals surface area contributed by atoms with Crippen molar-refractivity contribution in [1.29, 1.82) is 0 Å². The molecule has 4 rings (SSSR count). The number of thiophene rings is 1. The van der Waals surface area contributed by atoms with Crippen LogP contribution in [0, 0.1) is 5.92 Å². The Morgan fingerprint density at radius 1 is 1.24 bits per heavy atom. The Balaban J connectivity index is 1.72. The molecule has 186 valence electrons. The summed E-state index contributed by atoms with van der Waals surface area (Å²) in [5.41, 5.74) is 0.706. The number of fused-ring (bicyclic) bond motifs is 3. The van der Waals surface area contributed by atoms with Crippen LogP contribution in [0.2, 0.25) is 0 Å². The summed E-state index contributed by atoms with van der Waals surface area (Å²) in [6.07, 6.45) is 6.28. The second kappa shape index (κ2) is 10.9. The zero-order chi connectivity index (χ0) is 24.9. The summed E-state index contributed by atoms with van der Waals surface area (Å²) in [6, 6.07) is 0.902. The van der Waals surface area contributed by atoms with E-state index in [2.05, 4.69) is 5.32 Å². The number of allylic oxidation sites excluding steroid dienone is 2. The van der Waals surface area contributed by atoms with Gasteiger partial charge in [-0.05, 0) is 51.6 Å². The largest absolute Gasteiger partial charge is 0.454 e. The average molecular weight is 490 g/mol. The predicted molar refractivity (Wildman–Crippen MR) is 133 cm³/mol. The van der Waals surface area contributed by atoms with Crippen LogP contribution in [0.3, 0.4) is 0 Å². The van der Waals surface area contributed by atoms with E-state index in [1.165, 1.54) is 11.3 Å². The van der Waals surface area contributed by atoms with Gasteiger partial charge in [-0.25, -0.2) is 9.59 Å². The molecule has 2 unspecified atom stereocenters. The Kier molecular flexibility index (Phi) is 8.36. The highest BCUT2D eigenvalue weighted by Crippen LogP contribution is 2.36. The predicted octanol–water partition coefficient (Wildman–Crippen LogP) is 4.50. The number of nitrogens with zero attached hydrogens (tertiary/aromatic N) is 1. The fourth-order valence-corrected chi connectivity index (χ4v) is 5.53. The summed E-state index contributed by atoms with van der Waals surface area (Å²) in [6.45, 7) is 11.9. The zero-order valence-electron chi connectivity index (χ0n) is 20.8. The normalized spacial score (nSPS) is 25.7. The van der Waals surface area contributed by atoms with Gasteiger partial charge in [0.1, 0.15) is 18.7 Å². The van der Waals surface area contributed by atoms with Crippen molar-refractivity contribution in [3.8, 4) is 0 Å². The molecule has 7 nitrogen and oxygen atoms in total. The maximum Gasteiger partial charge on any atom is 0.408 e. The molecule has 3 fully saturated rings. The summed E-state index contributed by atoms with van der Waals surface area (Å²) in [5.74, 6) is -0.0864. The molecule has 4 heterocycles. The number of amides is 1. The van der Waals surface area contributed by atoms with E-state index in [-0.39, 0.29) is 17.8 Å². The van der Waals surface area contributed by atoms with Gasteiger partial charge in [0.05, 0.1) is 13.1 Å². The molecule has 1 aromatic heterocycles. The van der Waals surface area contributed by atoms with Crippen molar-refractivity contribution in [1.82, 2.24) is 5.32 Å². The van der Waals surface area contributed by atoms with Crippen molar-refractivity contribution in [2.75, 3.05) is 26.2 Å². The summed E-state index contributed by atoms with van der Waals surface area (Å²) in [5, 5.41) is 6.50. The van der Waals surface area contributed by atoms with E-state index in [1.54, 1.807) is 32.9 Å². The number of ketones is 1. The number of ether oxygens (including phenoxy) is 2. The van der Waals surface area contributed by atoms with Crippen LogP contribution in [0.1, 0.15) is 57.8 Å². The number of alkyl carbamates (subject to hydrolysis) is 1. The standard InChI is InChI=1S/C26H36N2O5S/c1-6-8-18(7-2)23(27-25(31)33-26(3,4)5)24(30)32-22-16-28(12-9-19(22)10-13-28)15-21(29)20-11-14-34-17-20/h6-8,11,14,17,19,22-23H,9-10,12-13,15-16H2,1-5H3/p+1. The van der Waals surface area contributed by atoms with Gasteiger partial charge in [0, 0.05) is 29.7 Å². The molecule has 34 heavy (non-hydrogen) atoms. The summed E-state index contributed by atoms with van der Waals surface area (Å²) in [4.78, 5) is 38.6. The number of hydrogen-bond acceptors (Lipinski definition) is 6. The first-order valence-corrected chi connectivity index (χ1v) is 12.9. The molecule has 3 saturated heterocycles. The third-order valence-corrected chi connectivity index (χ3v) is 7.24. The molecule has 3 aliphatic rings. The number of hydrogen-bond donors (Lipinski definition) is 1. The van der Waals surface area contributed by atoms with Gasteiger partial charge in [0.25, 0.3) is 0 Å². The number of Topliss-reactive ketones (excluding diaryl/α,β-unsaturated/α-hetero) is 1. The van der Waals surface area contributed by atoms with Crippen LogP contribution in [0.15, 0.2) is 40.6 Å². The molecule has 0 spiro atoms. The van der Waals surface area contributed by atoms with Gasteiger partial charge in [-0.1, -0.05) is 18.2 Å². The van der Waals surface area contributed by atoms with E-state index >= 15 is 0 Å². The van der Waals surface area contributed by atoms with Crippen LogP contribution in [-0.4, -0.2) is 66.3 Å². The van der Waals surface area contributed by atoms with E-state index in [0.29, 0.717) is 23.1 Å². The Hall–Kier alpha value is -2.45. The first kappa shape index (κ1) is 26.2. The van der Waals surface area contributed by atoms with Gasteiger partial charge in [-0.2, -0.15) is 11.3 Å². The number of carbonyl (C=O) groups excluding carboxylic acids is 3. The van der Waals surface area contributed by atoms with E-state index in [4.69, 9.17) is 9.47 Å². The molecule has 1 N–H and O–H groups in total. The quantitative estimate of drug-likeness (QED) is 0.252. The van der Waals surface area contributed by atoms with Gasteiger partial charge in [0.2, 0.25) is 5.78 Å². The fraction of sp³-hybridized carbons (Fsp3) is 0.577. The van der Waals surface area contributed by atoms with Crippen molar-refractivity contribution < 1.29 is 28.3 Å². The van der Waals surface area contributed by atoms with Gasteiger partial charge < -0.3 is 19.3 Å². The monoisotopic (exact) mass is 489 g/mol. The average Bonchev–Trinajstić information content (AvgIpc) is 3.30. The molecular formula is C26H37N2O5S+. The molecular weight excluding hydrogens is 452 g/mol. The minimum atomic E-state index is -0.965. The minimum absolute atomic E-state index is 0.139. The van der Waals surface area contributed by atoms with Gasteiger partial charge >= 0.3 is 12.1 Å². The lowest BCUT2D eigenvalue weighted by Gasteiger charge is -2.51. The van der Waals surface area contributed by atoms with Gasteiger partial charge in [0.15, 0.2) is 12.1 Å². The number of carbonyl (C=O) groups is 3. The van der Waals surface area contributed by atoms with E-state index in [9.17, 15) is 14.4 Å². The van der Waals surface area contributed by atoms with Crippen LogP contribution in [0.4, 0.5) is 4.79 Å². The Morgan fingerprint density at radius 3 is 2.50 bits per heavy atom. The van der Waals surface area contributed by atoms with Gasteiger partial charge in [-0.15, -0.1) is 0 Å². The number of rotatable bonds is 8. The first-order valence-electron chi connectivity index (χ1n) is 12.0. The molecule has 0 saturated carbocycles. The molecule has 1 amide bonds. The maximum atomic E-state index is 13.3. The Labute approximate surface area is 206 Å². The molecule has 1 aromatic rings. The van der Waals surface area contributed by atoms with Crippen LogP contribution in [0.5, 0.6) is 0 Å². The Morgan fingerprint density at radius 2 is 1.94 bits per heavy atom. The van der Waals surface area contributed by atoms with Crippen LogP contribution in [-0.2, 0) is 14.3 Å². The fourth-order valence-electron chi connectivity index (χ4n) is 4.87. The smallest absolute Gasteiger partial charge is 0.408 e. The van der Waals surface area contributed by atoms with Crippen LogP contribution in [0.25, 0.3) is 0 Å². The molecule has 2 bridgehead atoms. The summed E-state index contributed by atoms with van der Waals surface area (Å²) >= 11 is 1.52. The lowest BCUT2D eigenvalue weighted by atomic mass is 9.82. The minimum Gasteiger partial charge on any atom is -0.454 e. The highest BCUT2D eigenvalue weighted by Gasteiger charge is 2.49. The van der Waals surface area contributed by atoms with Crippen molar-refractivity contribution >= 4 is 29.2 Å². The lowest BCUT2D eigenvalue weighted by molar-refractivity contribution is -0.938. The molecule has 0 aromatic carbocycles. The third kappa shape index (κ3) is 6.57. The van der Waals surface area contributed by atoms with E-state index in [0.717, 1.165) is 31.5 Å². The summed E-state index contributed by atoms with van der Waals surface area (Å²) in [7, 11) is 0. The zero-order valence-corrected chi connectivity index (χ0v) is 21.7. The first-order chi connectivity index (χ1) is 16.1. The Bertz CT molecular complexity index is 937. The van der Waals surface area contributed by atoms with Crippen LogP contribution < -0.4 is 5.32 Å². The molecule has 0 aliphatic carbocycles. The number of esters is 1. The third-order valence-electron chi connectivity index (χ3n) is 6.55. The lowest BCUT2D eigenvalue weighted by Crippen LogP contribution is -2.66. The van der Waals surface area contributed by atoms with Crippen molar-refractivity contribution in [2.45, 2.75) is 65.2 Å². The van der Waals surface area contributed by atoms with Crippen molar-refractivity contribution in [3.05, 3.63) is 46.2 Å².